The van der Waals surface area contributed by atoms with E-state index in [2.05, 4.69) is 74.5 Å². The molecule has 0 saturated heterocycles. The number of benzene rings is 2. The predicted octanol–water partition coefficient (Wildman–Crippen LogP) is 7.29. The molecule has 0 unspecified atom stereocenters. The molecule has 2 aromatic carbocycles. The second-order valence-electron chi connectivity index (χ2n) is 7.35. The molecule has 126 valence electrons. The van der Waals surface area contributed by atoms with Crippen LogP contribution >= 0.6 is 0 Å². The summed E-state index contributed by atoms with van der Waals surface area (Å²) in [6, 6.07) is 18.2. The Balaban J connectivity index is 1.57. The monoisotopic (exact) mass is 318 g/mol. The molecule has 0 amide bonds. The van der Waals surface area contributed by atoms with Crippen LogP contribution in [0.4, 0.5) is 0 Å². The van der Waals surface area contributed by atoms with Gasteiger partial charge in [0.2, 0.25) is 0 Å². The molecule has 0 heteroatoms. The Morgan fingerprint density at radius 1 is 0.833 bits per heavy atom. The number of hydrogen-bond donors (Lipinski definition) is 0. The summed E-state index contributed by atoms with van der Waals surface area (Å²) >= 11 is 0. The van der Waals surface area contributed by atoms with Gasteiger partial charge in [0, 0.05) is 0 Å². The maximum atomic E-state index is 2.36. The maximum Gasteiger partial charge on any atom is -0.0162 e. The van der Waals surface area contributed by atoms with Crippen molar-refractivity contribution in [3.63, 3.8) is 0 Å². The van der Waals surface area contributed by atoms with Gasteiger partial charge < -0.3 is 0 Å². The molecule has 0 aliphatic heterocycles. The number of allylic oxidation sites excluding steroid dienone is 2. The van der Waals surface area contributed by atoms with Gasteiger partial charge in [-0.3, -0.25) is 0 Å². The van der Waals surface area contributed by atoms with Gasteiger partial charge in [-0.25, -0.2) is 0 Å². The van der Waals surface area contributed by atoms with Gasteiger partial charge in [0.25, 0.3) is 0 Å². The van der Waals surface area contributed by atoms with E-state index in [1.165, 1.54) is 60.8 Å². The largest absolute Gasteiger partial charge is 0.0917 e. The molecule has 0 N–H and O–H groups in total. The van der Waals surface area contributed by atoms with E-state index in [1.54, 1.807) is 0 Å². The first-order valence-corrected chi connectivity index (χ1v) is 9.54. The van der Waals surface area contributed by atoms with Crippen molar-refractivity contribution in [1.29, 1.82) is 0 Å². The minimum absolute atomic E-state index is 0.773. The minimum atomic E-state index is 0.773. The maximum absolute atomic E-state index is 2.36. The van der Waals surface area contributed by atoms with E-state index in [0.717, 1.165) is 11.8 Å². The van der Waals surface area contributed by atoms with E-state index in [-0.39, 0.29) is 0 Å². The van der Waals surface area contributed by atoms with Gasteiger partial charge in [0.1, 0.15) is 0 Å². The second kappa shape index (κ2) is 8.33. The molecule has 1 aliphatic rings. The van der Waals surface area contributed by atoms with Crippen LogP contribution in [0, 0.1) is 12.8 Å². The summed E-state index contributed by atoms with van der Waals surface area (Å²) in [5.74, 6) is 1.72. The van der Waals surface area contributed by atoms with Crippen LogP contribution in [0.25, 0.3) is 11.1 Å². The smallest absolute Gasteiger partial charge is 0.0162 e. The van der Waals surface area contributed by atoms with Crippen molar-refractivity contribution in [3.05, 3.63) is 71.8 Å². The van der Waals surface area contributed by atoms with Crippen LogP contribution < -0.4 is 0 Å². The standard InChI is InChI=1S/C24H30/c1-3-4-5-6-20-9-13-22(14-10-20)24-17-15-23(16-18-24)21-11-7-19(2)8-12-21/h3-4,7-8,11-12,15-18,20,22H,5-6,9-10,13-14H2,1-2H3. The average molecular weight is 319 g/mol. The van der Waals surface area contributed by atoms with Crippen LogP contribution in [0.1, 0.15) is 62.5 Å². The highest BCUT2D eigenvalue weighted by molar-refractivity contribution is 5.64. The van der Waals surface area contributed by atoms with Crippen LogP contribution in [0.3, 0.4) is 0 Å². The Bertz CT molecular complexity index is 637. The Kier molecular flexibility index (Phi) is 5.91. The molecule has 1 fully saturated rings. The molecule has 0 heterocycles. The first-order chi connectivity index (χ1) is 11.8. The molecular formula is C24H30. The molecule has 1 aliphatic carbocycles. The highest BCUT2D eigenvalue weighted by atomic mass is 14.3. The molecule has 0 aromatic heterocycles. The van der Waals surface area contributed by atoms with Crippen LogP contribution in [-0.4, -0.2) is 0 Å². The highest BCUT2D eigenvalue weighted by Crippen LogP contribution is 2.38. The predicted molar refractivity (Wildman–Crippen MR) is 105 cm³/mol. The summed E-state index contributed by atoms with van der Waals surface area (Å²) in [6.07, 6.45) is 12.7. The van der Waals surface area contributed by atoms with Crippen LogP contribution in [-0.2, 0) is 0 Å². The van der Waals surface area contributed by atoms with Gasteiger partial charge in [0.15, 0.2) is 0 Å². The molecule has 1 saturated carbocycles. The van der Waals surface area contributed by atoms with Crippen molar-refractivity contribution >= 4 is 0 Å². The zero-order valence-corrected chi connectivity index (χ0v) is 15.2. The molecule has 24 heavy (non-hydrogen) atoms. The third-order valence-corrected chi connectivity index (χ3v) is 5.59. The quantitative estimate of drug-likeness (QED) is 0.508. The first-order valence-electron chi connectivity index (χ1n) is 9.54. The van der Waals surface area contributed by atoms with E-state index >= 15 is 0 Å². The van der Waals surface area contributed by atoms with E-state index in [1.807, 2.05) is 0 Å². The van der Waals surface area contributed by atoms with Crippen molar-refractivity contribution in [2.75, 3.05) is 0 Å². The molecule has 3 rings (SSSR count). The van der Waals surface area contributed by atoms with Gasteiger partial charge >= 0.3 is 0 Å². The summed E-state index contributed by atoms with van der Waals surface area (Å²) in [5, 5.41) is 0. The SMILES string of the molecule is CC=CCCC1CCC(c2ccc(-c3ccc(C)cc3)cc2)CC1. The number of aryl methyl sites for hydroxylation is 1. The van der Waals surface area contributed by atoms with Crippen LogP contribution in [0.5, 0.6) is 0 Å². The highest BCUT2D eigenvalue weighted by Gasteiger charge is 2.21. The summed E-state index contributed by atoms with van der Waals surface area (Å²) < 4.78 is 0. The Labute approximate surface area is 147 Å². The van der Waals surface area contributed by atoms with Gasteiger partial charge in [-0.05, 0) is 80.9 Å². The molecular weight excluding hydrogens is 288 g/mol. The van der Waals surface area contributed by atoms with Crippen molar-refractivity contribution in [2.45, 2.75) is 58.3 Å². The molecule has 0 nitrogen and oxygen atoms in total. The van der Waals surface area contributed by atoms with Crippen molar-refractivity contribution < 1.29 is 0 Å². The average Bonchev–Trinajstić information content (AvgIpc) is 2.63. The Hall–Kier alpha value is -1.82. The first kappa shape index (κ1) is 17.0. The summed E-state index contributed by atoms with van der Waals surface area (Å²) in [4.78, 5) is 0. The van der Waals surface area contributed by atoms with E-state index < -0.39 is 0 Å². The molecule has 0 bridgehead atoms. The Morgan fingerprint density at radius 2 is 1.42 bits per heavy atom. The lowest BCUT2D eigenvalue weighted by Crippen LogP contribution is -2.13. The lowest BCUT2D eigenvalue weighted by molar-refractivity contribution is 0.312. The zero-order chi connectivity index (χ0) is 16.8. The van der Waals surface area contributed by atoms with Crippen molar-refractivity contribution in [1.82, 2.24) is 0 Å². The lowest BCUT2D eigenvalue weighted by atomic mass is 9.77. The second-order valence-corrected chi connectivity index (χ2v) is 7.35. The summed E-state index contributed by atoms with van der Waals surface area (Å²) in [7, 11) is 0. The van der Waals surface area contributed by atoms with Crippen LogP contribution in [0.2, 0.25) is 0 Å². The van der Waals surface area contributed by atoms with E-state index in [4.69, 9.17) is 0 Å². The fraction of sp³-hybridized carbons (Fsp3) is 0.417. The van der Waals surface area contributed by atoms with Gasteiger partial charge in [-0.15, -0.1) is 0 Å². The zero-order valence-electron chi connectivity index (χ0n) is 15.2. The van der Waals surface area contributed by atoms with E-state index in [9.17, 15) is 0 Å². The normalized spacial score (nSPS) is 21.2. The van der Waals surface area contributed by atoms with Gasteiger partial charge in [-0.1, -0.05) is 66.2 Å². The third-order valence-electron chi connectivity index (χ3n) is 5.59. The van der Waals surface area contributed by atoms with Gasteiger partial charge in [-0.2, -0.15) is 0 Å². The van der Waals surface area contributed by atoms with Gasteiger partial charge in [0.05, 0.1) is 0 Å². The van der Waals surface area contributed by atoms with E-state index in [0.29, 0.717) is 0 Å². The molecule has 0 atom stereocenters. The lowest BCUT2D eigenvalue weighted by Gasteiger charge is -2.28. The third kappa shape index (κ3) is 4.38. The summed E-state index contributed by atoms with van der Waals surface area (Å²) in [6.45, 7) is 4.26. The summed E-state index contributed by atoms with van der Waals surface area (Å²) in [5.41, 5.74) is 5.51. The van der Waals surface area contributed by atoms with Crippen LogP contribution in [0.15, 0.2) is 60.7 Å². The fourth-order valence-corrected chi connectivity index (χ4v) is 3.98. The number of hydrogen-bond acceptors (Lipinski definition) is 0. The van der Waals surface area contributed by atoms with Crippen molar-refractivity contribution in [2.24, 2.45) is 5.92 Å². The number of rotatable bonds is 5. The molecule has 0 spiro atoms. The molecule has 0 radical (unpaired) electrons. The minimum Gasteiger partial charge on any atom is -0.0917 e. The Morgan fingerprint density at radius 3 is 2.00 bits per heavy atom. The topological polar surface area (TPSA) is 0 Å². The van der Waals surface area contributed by atoms with Crippen molar-refractivity contribution in [3.8, 4) is 11.1 Å². The molecule has 2 aromatic rings. The fourth-order valence-electron chi connectivity index (χ4n) is 3.98.